The molecule has 0 bridgehead atoms. The van der Waals surface area contributed by atoms with Gasteiger partial charge in [-0.3, -0.25) is 4.90 Å². The maximum Gasteiger partial charge on any atom is 0.179 e. The van der Waals surface area contributed by atoms with Gasteiger partial charge in [0.25, 0.3) is 0 Å². The van der Waals surface area contributed by atoms with E-state index in [4.69, 9.17) is 15.2 Å². The normalized spacial score (nSPS) is 17.0. The zero-order valence-corrected chi connectivity index (χ0v) is 14.3. The Kier molecular flexibility index (Phi) is 7.16. The molecule has 1 aliphatic rings. The van der Waals surface area contributed by atoms with Crippen LogP contribution in [0.1, 0.15) is 0 Å². The van der Waals surface area contributed by atoms with Crippen LogP contribution in [0.4, 0.5) is 4.39 Å². The van der Waals surface area contributed by atoms with Gasteiger partial charge in [-0.25, -0.2) is 12.8 Å². The van der Waals surface area contributed by atoms with Gasteiger partial charge in [-0.1, -0.05) is 0 Å². The van der Waals surface area contributed by atoms with E-state index in [0.29, 0.717) is 25.5 Å². The third-order valence-electron chi connectivity index (χ3n) is 3.68. The second-order valence-corrected chi connectivity index (χ2v) is 7.53. The lowest BCUT2D eigenvalue weighted by atomic mass is 10.3. The Labute approximate surface area is 142 Å². The van der Waals surface area contributed by atoms with Gasteiger partial charge in [0.15, 0.2) is 9.84 Å². The summed E-state index contributed by atoms with van der Waals surface area (Å²) >= 11 is 0. The lowest BCUT2D eigenvalue weighted by molar-refractivity contribution is 0.0408. The third-order valence-corrected chi connectivity index (χ3v) is 5.39. The van der Waals surface area contributed by atoms with Crippen LogP contribution < -0.4 is 10.5 Å². The van der Waals surface area contributed by atoms with Crippen LogP contribution in [0.2, 0.25) is 0 Å². The molecule has 1 aromatic rings. The molecule has 1 aliphatic heterocycles. The number of rotatable bonds is 8. The summed E-state index contributed by atoms with van der Waals surface area (Å²) in [6.45, 7) is 3.16. The first kappa shape index (κ1) is 18.9. The van der Waals surface area contributed by atoms with E-state index >= 15 is 0 Å². The zero-order valence-electron chi connectivity index (χ0n) is 13.5. The smallest absolute Gasteiger partial charge is 0.179 e. The highest BCUT2D eigenvalue weighted by Gasteiger charge is 2.18. The van der Waals surface area contributed by atoms with Crippen LogP contribution in [0, 0.1) is 0 Å². The van der Waals surface area contributed by atoms with Gasteiger partial charge in [-0.15, -0.1) is 0 Å². The topological polar surface area (TPSA) is 81.9 Å². The molecule has 1 heterocycles. The molecular formula is C16H23FN2O4S. The predicted molar refractivity (Wildman–Crippen MR) is 89.5 cm³/mol. The van der Waals surface area contributed by atoms with Crippen molar-refractivity contribution >= 4 is 9.84 Å². The molecule has 0 atom stereocenters. The van der Waals surface area contributed by atoms with Gasteiger partial charge in [-0.2, -0.15) is 0 Å². The Morgan fingerprint density at radius 1 is 1.29 bits per heavy atom. The second kappa shape index (κ2) is 9.12. The molecule has 0 radical (unpaired) electrons. The molecule has 1 aromatic carbocycles. The summed E-state index contributed by atoms with van der Waals surface area (Å²) in [6.07, 6.45) is 1.23. The largest absolute Gasteiger partial charge is 0.487 e. The Hall–Kier alpha value is -1.48. The van der Waals surface area contributed by atoms with E-state index in [1.807, 2.05) is 0 Å². The van der Waals surface area contributed by atoms with E-state index in [0.717, 1.165) is 13.1 Å². The molecule has 134 valence electrons. The van der Waals surface area contributed by atoms with Crippen molar-refractivity contribution in [3.63, 3.8) is 0 Å². The molecule has 6 nitrogen and oxygen atoms in total. The summed E-state index contributed by atoms with van der Waals surface area (Å²) in [4.78, 5) is 2.31. The summed E-state index contributed by atoms with van der Waals surface area (Å²) in [5.41, 5.74) is 5.20. The lowest BCUT2D eigenvalue weighted by Gasteiger charge is -2.26. The van der Waals surface area contributed by atoms with Crippen molar-refractivity contribution < 1.29 is 22.3 Å². The minimum Gasteiger partial charge on any atom is -0.487 e. The van der Waals surface area contributed by atoms with Crippen LogP contribution in [-0.2, 0) is 14.6 Å². The summed E-state index contributed by atoms with van der Waals surface area (Å²) < 4.78 is 48.4. The highest BCUT2D eigenvalue weighted by atomic mass is 32.2. The molecule has 0 spiro atoms. The standard InChI is InChI=1S/C16H23FN2O4S/c17-14(5-6-18)13-23-15-1-3-16(4-2-15)24(20,21)12-9-19-7-10-22-11-8-19/h1-5H,6-13,18H2/b14-5-. The van der Waals surface area contributed by atoms with E-state index in [-0.39, 0.29) is 23.8 Å². The number of hydrogen-bond donors (Lipinski definition) is 1. The predicted octanol–water partition coefficient (Wildman–Crippen LogP) is 0.983. The Morgan fingerprint density at radius 2 is 1.96 bits per heavy atom. The van der Waals surface area contributed by atoms with Gasteiger partial charge < -0.3 is 15.2 Å². The molecule has 2 rings (SSSR count). The first-order chi connectivity index (χ1) is 11.5. The SMILES string of the molecule is NC/C=C(\F)COc1ccc(S(=O)(=O)CCN2CCOCC2)cc1. The molecule has 8 heteroatoms. The third kappa shape index (κ3) is 5.86. The number of sulfone groups is 1. The fourth-order valence-corrected chi connectivity index (χ4v) is 3.56. The van der Waals surface area contributed by atoms with Crippen LogP contribution in [0.3, 0.4) is 0 Å². The fourth-order valence-electron chi connectivity index (χ4n) is 2.27. The Morgan fingerprint density at radius 3 is 2.58 bits per heavy atom. The molecule has 0 unspecified atom stereocenters. The summed E-state index contributed by atoms with van der Waals surface area (Å²) in [7, 11) is -3.36. The van der Waals surface area contributed by atoms with Gasteiger partial charge in [-0.05, 0) is 30.3 Å². The number of nitrogens with zero attached hydrogens (tertiary/aromatic N) is 1. The average molecular weight is 358 g/mol. The molecule has 0 aromatic heterocycles. The number of nitrogens with two attached hydrogens (primary N) is 1. The van der Waals surface area contributed by atoms with E-state index in [2.05, 4.69) is 4.90 Å². The van der Waals surface area contributed by atoms with Gasteiger partial charge in [0.1, 0.15) is 18.2 Å². The molecule has 0 amide bonds. The van der Waals surface area contributed by atoms with Crippen LogP contribution in [0.15, 0.2) is 41.1 Å². The quantitative estimate of drug-likeness (QED) is 0.746. The minimum absolute atomic E-state index is 0.0566. The molecule has 0 aliphatic carbocycles. The van der Waals surface area contributed by atoms with Crippen LogP contribution >= 0.6 is 0 Å². The van der Waals surface area contributed by atoms with E-state index in [9.17, 15) is 12.8 Å². The maximum absolute atomic E-state index is 13.2. The van der Waals surface area contributed by atoms with Gasteiger partial charge in [0.05, 0.1) is 23.9 Å². The number of hydrogen-bond acceptors (Lipinski definition) is 6. The van der Waals surface area contributed by atoms with Crippen LogP contribution in [-0.4, -0.2) is 65.1 Å². The summed E-state index contributed by atoms with van der Waals surface area (Å²) in [5, 5.41) is 0. The van der Waals surface area contributed by atoms with E-state index in [1.54, 1.807) is 0 Å². The molecule has 1 saturated heterocycles. The first-order valence-electron chi connectivity index (χ1n) is 7.81. The molecule has 1 fully saturated rings. The highest BCUT2D eigenvalue weighted by Crippen LogP contribution is 2.18. The van der Waals surface area contributed by atoms with Gasteiger partial charge in [0, 0.05) is 26.2 Å². The van der Waals surface area contributed by atoms with Crippen molar-refractivity contribution in [3.8, 4) is 5.75 Å². The van der Waals surface area contributed by atoms with Crippen molar-refractivity contribution in [1.29, 1.82) is 0 Å². The van der Waals surface area contributed by atoms with Crippen LogP contribution in [0.25, 0.3) is 0 Å². The van der Waals surface area contributed by atoms with Crippen LogP contribution in [0.5, 0.6) is 5.75 Å². The Balaban J connectivity index is 1.89. The second-order valence-electron chi connectivity index (χ2n) is 5.42. The van der Waals surface area contributed by atoms with E-state index in [1.165, 1.54) is 30.3 Å². The number of halogens is 1. The first-order valence-corrected chi connectivity index (χ1v) is 9.47. The number of morpholine rings is 1. The van der Waals surface area contributed by atoms with Gasteiger partial charge >= 0.3 is 0 Å². The minimum atomic E-state index is -3.36. The highest BCUT2D eigenvalue weighted by molar-refractivity contribution is 7.91. The molecular weight excluding hydrogens is 335 g/mol. The average Bonchev–Trinajstić information content (AvgIpc) is 2.60. The van der Waals surface area contributed by atoms with Crippen molar-refractivity contribution in [2.75, 3.05) is 51.8 Å². The molecule has 24 heavy (non-hydrogen) atoms. The van der Waals surface area contributed by atoms with E-state index < -0.39 is 15.7 Å². The van der Waals surface area contributed by atoms with Crippen molar-refractivity contribution in [1.82, 2.24) is 4.90 Å². The monoisotopic (exact) mass is 358 g/mol. The molecule has 2 N–H and O–H groups in total. The zero-order chi connectivity index (χ0) is 17.4. The lowest BCUT2D eigenvalue weighted by Crippen LogP contribution is -2.39. The van der Waals surface area contributed by atoms with Crippen molar-refractivity contribution in [2.24, 2.45) is 5.73 Å². The fraction of sp³-hybridized carbons (Fsp3) is 0.500. The number of benzene rings is 1. The Bertz CT molecular complexity index is 641. The summed E-state index contributed by atoms with van der Waals surface area (Å²) in [5.74, 6) is 0.00329. The van der Waals surface area contributed by atoms with Gasteiger partial charge in [0.2, 0.25) is 0 Å². The molecule has 0 saturated carbocycles. The number of ether oxygens (including phenoxy) is 2. The van der Waals surface area contributed by atoms with Crippen molar-refractivity contribution in [2.45, 2.75) is 4.90 Å². The summed E-state index contributed by atoms with van der Waals surface area (Å²) in [6, 6.07) is 6.01. The van der Waals surface area contributed by atoms with Crippen molar-refractivity contribution in [3.05, 3.63) is 36.2 Å². The maximum atomic E-state index is 13.2.